The van der Waals surface area contributed by atoms with Gasteiger partial charge in [0.2, 0.25) is 0 Å². The Morgan fingerprint density at radius 2 is 1.79 bits per heavy atom. The van der Waals surface area contributed by atoms with Crippen LogP contribution in [0.3, 0.4) is 0 Å². The number of hydrogen-bond donors (Lipinski definition) is 2. The Morgan fingerprint density at radius 1 is 1.03 bits per heavy atom. The molecular formula is C22H22N2O3S2. The highest BCUT2D eigenvalue weighted by Gasteiger charge is 2.17. The summed E-state index contributed by atoms with van der Waals surface area (Å²) >= 11 is 1.15. The zero-order valence-electron chi connectivity index (χ0n) is 16.0. The predicted octanol–water partition coefficient (Wildman–Crippen LogP) is 4.53. The summed E-state index contributed by atoms with van der Waals surface area (Å²) in [6, 6.07) is 16.0. The third-order valence-corrected chi connectivity index (χ3v) is 7.91. The fourth-order valence-corrected chi connectivity index (χ4v) is 5.59. The molecule has 1 amide bonds. The molecule has 4 rings (SSSR count). The third kappa shape index (κ3) is 4.36. The van der Waals surface area contributed by atoms with Crippen molar-refractivity contribution in [1.29, 1.82) is 0 Å². The molecule has 1 aromatic heterocycles. The summed E-state index contributed by atoms with van der Waals surface area (Å²) < 4.78 is 27.3. The van der Waals surface area contributed by atoms with Gasteiger partial charge in [0.15, 0.2) is 0 Å². The molecule has 1 aliphatic rings. The van der Waals surface area contributed by atoms with Crippen molar-refractivity contribution in [2.24, 2.45) is 0 Å². The monoisotopic (exact) mass is 426 g/mol. The van der Waals surface area contributed by atoms with Crippen LogP contribution >= 0.6 is 11.3 Å². The Labute approximate surface area is 174 Å². The van der Waals surface area contributed by atoms with E-state index >= 15 is 0 Å². The summed E-state index contributed by atoms with van der Waals surface area (Å²) in [6.45, 7) is 1.97. The third-order valence-electron chi connectivity index (χ3n) is 5.13. The molecule has 5 nitrogen and oxygen atoms in total. The second kappa shape index (κ2) is 8.00. The fourth-order valence-electron chi connectivity index (χ4n) is 3.54. The maximum Gasteiger partial charge on any atom is 0.271 e. The van der Waals surface area contributed by atoms with Gasteiger partial charge in [0.1, 0.15) is 4.21 Å². The molecule has 0 saturated carbocycles. The number of carbonyl (C=O) groups is 1. The van der Waals surface area contributed by atoms with Gasteiger partial charge in [-0.15, -0.1) is 11.3 Å². The number of fused-ring (bicyclic) bond motifs is 1. The SMILES string of the molecule is C[C@H](NC(=O)c1ccc(NS(=O)(=O)c2cccs2)cc1)c1ccc2c(c1)CCC2. The van der Waals surface area contributed by atoms with Gasteiger partial charge in [-0.3, -0.25) is 9.52 Å². The van der Waals surface area contributed by atoms with Crippen LogP contribution in [-0.4, -0.2) is 14.3 Å². The first kappa shape index (κ1) is 19.7. The minimum absolute atomic E-state index is 0.106. The van der Waals surface area contributed by atoms with Crippen LogP contribution in [0.5, 0.6) is 0 Å². The van der Waals surface area contributed by atoms with E-state index in [1.165, 1.54) is 17.5 Å². The Hall–Kier alpha value is -2.64. The lowest BCUT2D eigenvalue weighted by molar-refractivity contribution is 0.0940. The molecule has 1 heterocycles. The summed E-state index contributed by atoms with van der Waals surface area (Å²) in [5.41, 5.74) is 4.79. The fraction of sp³-hybridized carbons (Fsp3) is 0.227. The number of nitrogens with one attached hydrogen (secondary N) is 2. The molecule has 1 atom stereocenters. The summed E-state index contributed by atoms with van der Waals surface area (Å²) in [6.07, 6.45) is 3.44. The second-order valence-electron chi connectivity index (χ2n) is 7.19. The second-order valence-corrected chi connectivity index (χ2v) is 10.0. The first-order chi connectivity index (χ1) is 13.9. The lowest BCUT2D eigenvalue weighted by Crippen LogP contribution is -2.26. The molecule has 1 aliphatic carbocycles. The van der Waals surface area contributed by atoms with Crippen LogP contribution < -0.4 is 10.0 Å². The Balaban J connectivity index is 1.41. The van der Waals surface area contributed by atoms with E-state index < -0.39 is 10.0 Å². The van der Waals surface area contributed by atoms with Gasteiger partial charge in [0.05, 0.1) is 6.04 Å². The smallest absolute Gasteiger partial charge is 0.271 e. The number of sulfonamides is 1. The summed E-state index contributed by atoms with van der Waals surface area (Å²) in [5, 5.41) is 4.73. The number of hydrogen-bond acceptors (Lipinski definition) is 4. The molecule has 150 valence electrons. The zero-order chi connectivity index (χ0) is 20.4. The van der Waals surface area contributed by atoms with Crippen molar-refractivity contribution in [3.63, 3.8) is 0 Å². The first-order valence-electron chi connectivity index (χ1n) is 9.51. The van der Waals surface area contributed by atoms with E-state index in [0.29, 0.717) is 11.3 Å². The number of aryl methyl sites for hydroxylation is 2. The van der Waals surface area contributed by atoms with E-state index in [0.717, 1.165) is 29.7 Å². The highest BCUT2D eigenvalue weighted by Crippen LogP contribution is 2.26. The molecule has 7 heteroatoms. The topological polar surface area (TPSA) is 75.3 Å². The van der Waals surface area contributed by atoms with Gasteiger partial charge in [0, 0.05) is 11.3 Å². The first-order valence-corrected chi connectivity index (χ1v) is 11.9. The minimum atomic E-state index is -3.60. The molecule has 3 aromatic rings. The number of carbonyl (C=O) groups excluding carboxylic acids is 1. The van der Waals surface area contributed by atoms with Crippen molar-refractivity contribution >= 4 is 33.0 Å². The van der Waals surface area contributed by atoms with Gasteiger partial charge in [-0.1, -0.05) is 24.3 Å². The van der Waals surface area contributed by atoms with Crippen LogP contribution in [0.25, 0.3) is 0 Å². The molecular weight excluding hydrogens is 404 g/mol. The van der Waals surface area contributed by atoms with E-state index in [4.69, 9.17) is 0 Å². The molecule has 2 N–H and O–H groups in total. The van der Waals surface area contributed by atoms with Gasteiger partial charge in [-0.25, -0.2) is 8.42 Å². The van der Waals surface area contributed by atoms with Crippen molar-refractivity contribution < 1.29 is 13.2 Å². The van der Waals surface area contributed by atoms with E-state index in [9.17, 15) is 13.2 Å². The van der Waals surface area contributed by atoms with Crippen LogP contribution in [0.4, 0.5) is 5.69 Å². The number of amides is 1. The van der Waals surface area contributed by atoms with Crippen molar-refractivity contribution in [2.45, 2.75) is 36.4 Å². The van der Waals surface area contributed by atoms with Gasteiger partial charge >= 0.3 is 0 Å². The molecule has 29 heavy (non-hydrogen) atoms. The maximum atomic E-state index is 12.6. The molecule has 0 radical (unpaired) electrons. The number of benzene rings is 2. The molecule has 0 unspecified atom stereocenters. The highest BCUT2D eigenvalue weighted by molar-refractivity contribution is 7.94. The van der Waals surface area contributed by atoms with Crippen LogP contribution in [0, 0.1) is 0 Å². The van der Waals surface area contributed by atoms with Gasteiger partial charge < -0.3 is 5.32 Å². The van der Waals surface area contributed by atoms with Crippen molar-refractivity contribution in [2.75, 3.05) is 4.72 Å². The Bertz CT molecular complexity index is 1120. The molecule has 0 saturated heterocycles. The number of thiophene rings is 1. The van der Waals surface area contributed by atoms with Crippen LogP contribution in [0.15, 0.2) is 64.2 Å². The average molecular weight is 427 g/mol. The Kier molecular flexibility index (Phi) is 5.43. The molecule has 0 bridgehead atoms. The quantitative estimate of drug-likeness (QED) is 0.608. The van der Waals surface area contributed by atoms with Crippen LogP contribution in [0.2, 0.25) is 0 Å². The highest BCUT2D eigenvalue weighted by atomic mass is 32.2. The van der Waals surface area contributed by atoms with Crippen molar-refractivity contribution in [3.05, 3.63) is 82.2 Å². The van der Waals surface area contributed by atoms with Crippen molar-refractivity contribution in [1.82, 2.24) is 5.32 Å². The van der Waals surface area contributed by atoms with E-state index in [1.807, 2.05) is 6.92 Å². The molecule has 0 aliphatic heterocycles. The lowest BCUT2D eigenvalue weighted by Gasteiger charge is -2.16. The summed E-state index contributed by atoms with van der Waals surface area (Å²) in [5.74, 6) is -0.189. The summed E-state index contributed by atoms with van der Waals surface area (Å²) in [7, 11) is -3.60. The van der Waals surface area contributed by atoms with E-state index in [2.05, 4.69) is 28.2 Å². The average Bonchev–Trinajstić information content (AvgIpc) is 3.39. The van der Waals surface area contributed by atoms with E-state index in [-0.39, 0.29) is 16.2 Å². The molecule has 2 aromatic carbocycles. The number of anilines is 1. The van der Waals surface area contributed by atoms with Gasteiger partial charge in [-0.05, 0) is 78.6 Å². The normalized spacial score (nSPS) is 14.2. The predicted molar refractivity (Wildman–Crippen MR) is 116 cm³/mol. The standard InChI is InChI=1S/C22H22N2O3S2/c1-15(18-8-7-16-4-2-5-19(16)14-18)23-22(25)17-9-11-20(12-10-17)24-29(26,27)21-6-3-13-28-21/h3,6-15,24H,2,4-5H2,1H3,(H,23,25)/t15-/m0/s1. The largest absolute Gasteiger partial charge is 0.346 e. The minimum Gasteiger partial charge on any atom is -0.346 e. The number of rotatable bonds is 6. The van der Waals surface area contributed by atoms with Crippen molar-refractivity contribution in [3.8, 4) is 0 Å². The lowest BCUT2D eigenvalue weighted by atomic mass is 10.0. The Morgan fingerprint density at radius 3 is 2.52 bits per heavy atom. The summed E-state index contributed by atoms with van der Waals surface area (Å²) in [4.78, 5) is 12.6. The maximum absolute atomic E-state index is 12.6. The van der Waals surface area contributed by atoms with E-state index in [1.54, 1.807) is 41.8 Å². The van der Waals surface area contributed by atoms with Crippen LogP contribution in [-0.2, 0) is 22.9 Å². The molecule has 0 spiro atoms. The van der Waals surface area contributed by atoms with Gasteiger partial charge in [-0.2, -0.15) is 0 Å². The zero-order valence-corrected chi connectivity index (χ0v) is 17.6. The van der Waals surface area contributed by atoms with Crippen LogP contribution in [0.1, 0.15) is 46.4 Å². The van der Waals surface area contributed by atoms with Gasteiger partial charge in [0.25, 0.3) is 15.9 Å². The molecule has 0 fully saturated rings.